The van der Waals surface area contributed by atoms with Crippen LogP contribution in [0.25, 0.3) is 0 Å². The summed E-state index contributed by atoms with van der Waals surface area (Å²) in [5.41, 5.74) is 0.942. The Morgan fingerprint density at radius 2 is 1.71 bits per heavy atom. The minimum Gasteiger partial charge on any atom is -0.465 e. The number of amides is 2. The molecular weight excluding hydrogens is 310 g/mol. The standard InChI is InChI=1S/C16H19N5O3/c1-10(2)17-16(23)19-14-9-8-13(20-21-14)18-12-7-5-4-6-11(12)15(22)24-3/h4-10H,1-3H3,(H,18,20)(H2,17,19,21,23). The Balaban J connectivity index is 2.07. The number of para-hydroxylation sites is 1. The summed E-state index contributed by atoms with van der Waals surface area (Å²) < 4.78 is 4.74. The normalized spacial score (nSPS) is 10.2. The van der Waals surface area contributed by atoms with Crippen molar-refractivity contribution in [1.29, 1.82) is 0 Å². The summed E-state index contributed by atoms with van der Waals surface area (Å²) in [4.78, 5) is 23.3. The molecule has 0 bridgehead atoms. The van der Waals surface area contributed by atoms with E-state index in [1.165, 1.54) is 7.11 Å². The number of hydrogen-bond acceptors (Lipinski definition) is 6. The second-order valence-corrected chi connectivity index (χ2v) is 5.22. The Bertz CT molecular complexity index is 716. The fourth-order valence-electron chi connectivity index (χ4n) is 1.90. The van der Waals surface area contributed by atoms with E-state index < -0.39 is 5.97 Å². The first-order chi connectivity index (χ1) is 11.5. The maximum Gasteiger partial charge on any atom is 0.339 e. The fourth-order valence-corrected chi connectivity index (χ4v) is 1.90. The molecule has 8 heteroatoms. The molecule has 2 rings (SSSR count). The summed E-state index contributed by atoms with van der Waals surface area (Å²) in [5, 5.41) is 16.2. The van der Waals surface area contributed by atoms with E-state index in [0.717, 1.165) is 0 Å². The summed E-state index contributed by atoms with van der Waals surface area (Å²) in [5.74, 6) is 0.302. The number of methoxy groups -OCH3 is 1. The number of anilines is 3. The maximum absolute atomic E-state index is 11.7. The Morgan fingerprint density at radius 1 is 1.04 bits per heavy atom. The molecule has 0 aliphatic heterocycles. The van der Waals surface area contributed by atoms with Crippen molar-refractivity contribution in [1.82, 2.24) is 15.5 Å². The summed E-state index contributed by atoms with van der Waals surface area (Å²) in [6.07, 6.45) is 0. The average molecular weight is 329 g/mol. The van der Waals surface area contributed by atoms with Crippen LogP contribution in [0.5, 0.6) is 0 Å². The Kier molecular flexibility index (Phi) is 5.67. The van der Waals surface area contributed by atoms with Crippen LogP contribution in [0.1, 0.15) is 24.2 Å². The van der Waals surface area contributed by atoms with Crippen molar-refractivity contribution in [3.05, 3.63) is 42.0 Å². The number of nitrogens with one attached hydrogen (secondary N) is 3. The molecule has 1 aromatic heterocycles. The lowest BCUT2D eigenvalue weighted by molar-refractivity contribution is 0.0602. The number of carbonyl (C=O) groups is 2. The highest BCUT2D eigenvalue weighted by atomic mass is 16.5. The highest BCUT2D eigenvalue weighted by Crippen LogP contribution is 2.20. The van der Waals surface area contributed by atoms with E-state index in [-0.39, 0.29) is 12.1 Å². The number of benzene rings is 1. The number of nitrogens with zero attached hydrogens (tertiary/aromatic N) is 2. The molecule has 126 valence electrons. The smallest absolute Gasteiger partial charge is 0.339 e. The molecule has 8 nitrogen and oxygen atoms in total. The quantitative estimate of drug-likeness (QED) is 0.728. The van der Waals surface area contributed by atoms with E-state index in [4.69, 9.17) is 4.74 Å². The molecule has 0 saturated carbocycles. The molecule has 0 saturated heterocycles. The number of rotatable bonds is 5. The van der Waals surface area contributed by atoms with Crippen LogP contribution in [0.15, 0.2) is 36.4 Å². The van der Waals surface area contributed by atoms with Crippen LogP contribution in [-0.4, -0.2) is 35.3 Å². The van der Waals surface area contributed by atoms with Gasteiger partial charge in [-0.15, -0.1) is 10.2 Å². The number of urea groups is 1. The molecule has 0 aliphatic rings. The molecule has 0 radical (unpaired) electrons. The predicted octanol–water partition coefficient (Wildman–Crippen LogP) is 2.54. The molecule has 2 amide bonds. The molecule has 24 heavy (non-hydrogen) atoms. The van der Waals surface area contributed by atoms with Crippen LogP contribution in [0, 0.1) is 0 Å². The van der Waals surface area contributed by atoms with Gasteiger partial charge in [0.15, 0.2) is 11.6 Å². The van der Waals surface area contributed by atoms with Gasteiger partial charge in [-0.3, -0.25) is 5.32 Å². The van der Waals surface area contributed by atoms with Crippen molar-refractivity contribution in [2.24, 2.45) is 0 Å². The molecule has 3 N–H and O–H groups in total. The molecule has 0 aliphatic carbocycles. The molecular formula is C16H19N5O3. The van der Waals surface area contributed by atoms with Crippen molar-refractivity contribution in [3.63, 3.8) is 0 Å². The van der Waals surface area contributed by atoms with Gasteiger partial charge in [-0.1, -0.05) is 12.1 Å². The Morgan fingerprint density at radius 3 is 2.33 bits per heavy atom. The zero-order valence-corrected chi connectivity index (χ0v) is 13.7. The van der Waals surface area contributed by atoms with E-state index in [2.05, 4.69) is 26.1 Å². The SMILES string of the molecule is COC(=O)c1ccccc1Nc1ccc(NC(=O)NC(C)C)nn1. The van der Waals surface area contributed by atoms with Gasteiger partial charge in [0, 0.05) is 6.04 Å². The first-order valence-corrected chi connectivity index (χ1v) is 7.35. The zero-order valence-electron chi connectivity index (χ0n) is 13.7. The van der Waals surface area contributed by atoms with Gasteiger partial charge >= 0.3 is 12.0 Å². The van der Waals surface area contributed by atoms with Crippen molar-refractivity contribution in [2.45, 2.75) is 19.9 Å². The third-order valence-corrected chi connectivity index (χ3v) is 2.92. The number of hydrogen-bond donors (Lipinski definition) is 3. The van der Waals surface area contributed by atoms with Crippen LogP contribution in [-0.2, 0) is 4.74 Å². The largest absolute Gasteiger partial charge is 0.465 e. The highest BCUT2D eigenvalue weighted by Gasteiger charge is 2.12. The molecule has 1 heterocycles. The monoisotopic (exact) mass is 329 g/mol. The zero-order chi connectivity index (χ0) is 17.5. The number of esters is 1. The van der Waals surface area contributed by atoms with Crippen LogP contribution in [0.4, 0.5) is 22.1 Å². The van der Waals surface area contributed by atoms with Crippen molar-refractivity contribution in [3.8, 4) is 0 Å². The van der Waals surface area contributed by atoms with Crippen LogP contribution < -0.4 is 16.0 Å². The number of ether oxygens (including phenoxy) is 1. The van der Waals surface area contributed by atoms with E-state index in [1.54, 1.807) is 36.4 Å². The third-order valence-electron chi connectivity index (χ3n) is 2.92. The maximum atomic E-state index is 11.7. The number of aromatic nitrogens is 2. The molecule has 0 spiro atoms. The summed E-state index contributed by atoms with van der Waals surface area (Å²) in [7, 11) is 1.32. The highest BCUT2D eigenvalue weighted by molar-refractivity contribution is 5.96. The van der Waals surface area contributed by atoms with E-state index >= 15 is 0 Å². The molecule has 0 fully saturated rings. The molecule has 0 unspecified atom stereocenters. The molecule has 2 aromatic rings. The minimum absolute atomic E-state index is 0.0220. The second kappa shape index (κ2) is 7.91. The fraction of sp³-hybridized carbons (Fsp3) is 0.250. The van der Waals surface area contributed by atoms with Gasteiger partial charge in [0.1, 0.15) is 0 Å². The lowest BCUT2D eigenvalue weighted by Crippen LogP contribution is -2.34. The van der Waals surface area contributed by atoms with E-state index in [0.29, 0.717) is 22.9 Å². The minimum atomic E-state index is -0.449. The summed E-state index contributed by atoms with van der Waals surface area (Å²) >= 11 is 0. The van der Waals surface area contributed by atoms with Gasteiger partial charge in [0.2, 0.25) is 0 Å². The first kappa shape index (κ1) is 17.2. The van der Waals surface area contributed by atoms with Crippen LogP contribution in [0.3, 0.4) is 0 Å². The summed E-state index contributed by atoms with van der Waals surface area (Å²) in [6, 6.07) is 9.83. The Labute approximate surface area is 139 Å². The van der Waals surface area contributed by atoms with Gasteiger partial charge in [-0.2, -0.15) is 0 Å². The second-order valence-electron chi connectivity index (χ2n) is 5.22. The van der Waals surface area contributed by atoms with Gasteiger partial charge in [0.25, 0.3) is 0 Å². The average Bonchev–Trinajstić information content (AvgIpc) is 2.55. The third kappa shape index (κ3) is 4.67. The van der Waals surface area contributed by atoms with Crippen molar-refractivity contribution < 1.29 is 14.3 Å². The topological polar surface area (TPSA) is 105 Å². The first-order valence-electron chi connectivity index (χ1n) is 7.35. The Hall–Kier alpha value is -3.16. The van der Waals surface area contributed by atoms with Crippen molar-refractivity contribution >= 4 is 29.3 Å². The van der Waals surface area contributed by atoms with Crippen LogP contribution >= 0.6 is 0 Å². The van der Waals surface area contributed by atoms with Crippen LogP contribution in [0.2, 0.25) is 0 Å². The molecule has 0 atom stereocenters. The predicted molar refractivity (Wildman–Crippen MR) is 90.4 cm³/mol. The lowest BCUT2D eigenvalue weighted by atomic mass is 10.2. The molecule has 1 aromatic carbocycles. The van der Waals surface area contributed by atoms with Gasteiger partial charge in [-0.05, 0) is 38.1 Å². The van der Waals surface area contributed by atoms with E-state index in [9.17, 15) is 9.59 Å². The van der Waals surface area contributed by atoms with E-state index in [1.807, 2.05) is 13.8 Å². The van der Waals surface area contributed by atoms with Gasteiger partial charge in [0.05, 0.1) is 18.4 Å². The van der Waals surface area contributed by atoms with Gasteiger partial charge < -0.3 is 15.4 Å². The lowest BCUT2D eigenvalue weighted by Gasteiger charge is -2.11. The summed E-state index contributed by atoms with van der Waals surface area (Å²) in [6.45, 7) is 3.72. The van der Waals surface area contributed by atoms with Gasteiger partial charge in [-0.25, -0.2) is 9.59 Å². The number of carbonyl (C=O) groups excluding carboxylic acids is 2. The van der Waals surface area contributed by atoms with Crippen molar-refractivity contribution in [2.75, 3.05) is 17.7 Å².